The number of nitrogens with one attached hydrogen (secondary N) is 1. The molecule has 330 valence electrons. The number of nitrogens with zero attached hydrogens (tertiary/aromatic N) is 3. The lowest BCUT2D eigenvalue weighted by Gasteiger charge is -2.43. The van der Waals surface area contributed by atoms with Gasteiger partial charge in [-0.2, -0.15) is 11.8 Å². The molecule has 0 atom stereocenters. The Kier molecular flexibility index (Phi) is 33.0. The van der Waals surface area contributed by atoms with E-state index in [1.165, 1.54) is 116 Å². The summed E-state index contributed by atoms with van der Waals surface area (Å²) in [4.78, 5) is 57.9. The van der Waals surface area contributed by atoms with Crippen molar-refractivity contribution in [1.82, 2.24) is 20.0 Å². The zero-order valence-electron chi connectivity index (χ0n) is 38.5. The first-order chi connectivity index (χ1) is 26.8. The van der Waals surface area contributed by atoms with E-state index in [0.717, 1.165) is 37.4 Å². The van der Waals surface area contributed by atoms with Crippen LogP contribution in [0.25, 0.3) is 0 Å². The van der Waals surface area contributed by atoms with E-state index in [1.807, 2.05) is 44.4 Å². The summed E-state index contributed by atoms with van der Waals surface area (Å²) in [5.74, 6) is 1.93. The average Bonchev–Trinajstić information content (AvgIpc) is 3.18. The summed E-state index contributed by atoms with van der Waals surface area (Å²) < 4.78 is 0. The molecule has 9 heteroatoms. The Hall–Kier alpha value is -1.77. The lowest BCUT2D eigenvalue weighted by Crippen LogP contribution is -2.56. The molecule has 1 N–H and O–H groups in total. The standard InChI is InChI=1S/C47H92N4O4S/c1-10-15-17-19-21-23-25-27-29-31-35-49(36-32-30-28-26-24-22-20-18-16-11-2)45(55)33-39-56-40-38-51(44(54)14-5)46(6,7)34-37-50(43(53)13-4)47(8,9)41-48-42(52)12-3/h10-41H2,1-9H3,(H,48,52). The molecule has 56 heavy (non-hydrogen) atoms. The molecule has 0 rings (SSSR count). The van der Waals surface area contributed by atoms with Crippen molar-refractivity contribution in [3.8, 4) is 0 Å². The van der Waals surface area contributed by atoms with Crippen molar-refractivity contribution >= 4 is 35.4 Å². The van der Waals surface area contributed by atoms with Crippen molar-refractivity contribution in [2.24, 2.45) is 0 Å². The molecule has 4 amide bonds. The number of hydrogen-bond acceptors (Lipinski definition) is 5. The van der Waals surface area contributed by atoms with Crippen LogP contribution in [0.3, 0.4) is 0 Å². The highest BCUT2D eigenvalue weighted by Crippen LogP contribution is 2.25. The summed E-state index contributed by atoms with van der Waals surface area (Å²) in [7, 11) is 0. The maximum atomic E-state index is 13.5. The van der Waals surface area contributed by atoms with Gasteiger partial charge in [0.2, 0.25) is 23.6 Å². The zero-order chi connectivity index (χ0) is 42.1. The van der Waals surface area contributed by atoms with Gasteiger partial charge in [0.1, 0.15) is 0 Å². The van der Waals surface area contributed by atoms with E-state index in [-0.39, 0.29) is 23.6 Å². The maximum absolute atomic E-state index is 13.5. The minimum Gasteiger partial charge on any atom is -0.354 e. The molecule has 0 aromatic carbocycles. The summed E-state index contributed by atoms with van der Waals surface area (Å²) in [6, 6.07) is 0. The molecule has 8 nitrogen and oxygen atoms in total. The number of carbonyl (C=O) groups is 4. The van der Waals surface area contributed by atoms with Crippen molar-refractivity contribution in [3.05, 3.63) is 0 Å². The Morgan fingerprint density at radius 2 is 0.875 bits per heavy atom. The van der Waals surface area contributed by atoms with Crippen LogP contribution in [0.2, 0.25) is 0 Å². The minimum absolute atomic E-state index is 0.0305. The van der Waals surface area contributed by atoms with Crippen molar-refractivity contribution < 1.29 is 19.2 Å². The van der Waals surface area contributed by atoms with Crippen LogP contribution in [-0.4, -0.2) is 93.6 Å². The van der Waals surface area contributed by atoms with Crippen LogP contribution < -0.4 is 5.32 Å². The lowest BCUT2D eigenvalue weighted by atomic mass is 9.94. The number of rotatable bonds is 38. The molecule has 0 aromatic rings. The topological polar surface area (TPSA) is 90.0 Å². The summed E-state index contributed by atoms with van der Waals surface area (Å²) in [5, 5.41) is 2.96. The zero-order valence-corrected chi connectivity index (χ0v) is 39.3. The Labute approximate surface area is 351 Å². The second kappa shape index (κ2) is 34.1. The number of carbonyl (C=O) groups excluding carboxylic acids is 4. The molecule has 0 radical (unpaired) electrons. The number of thioether (sulfide) groups is 1. The monoisotopic (exact) mass is 809 g/mol. The van der Waals surface area contributed by atoms with Gasteiger partial charge in [-0.05, 0) is 47.0 Å². The van der Waals surface area contributed by atoms with E-state index < -0.39 is 11.1 Å². The molecule has 0 spiro atoms. The highest BCUT2D eigenvalue weighted by Gasteiger charge is 2.35. The van der Waals surface area contributed by atoms with Crippen LogP contribution in [0.1, 0.15) is 223 Å². The van der Waals surface area contributed by atoms with Gasteiger partial charge >= 0.3 is 0 Å². The molecule has 0 saturated heterocycles. The third kappa shape index (κ3) is 26.3. The Bertz CT molecular complexity index is 996. The molecule has 0 aliphatic heterocycles. The third-order valence-electron chi connectivity index (χ3n) is 11.5. The predicted octanol–water partition coefficient (Wildman–Crippen LogP) is 11.7. The molecule has 0 fully saturated rings. The van der Waals surface area contributed by atoms with Crippen molar-refractivity contribution in [1.29, 1.82) is 0 Å². The molecule has 0 heterocycles. The van der Waals surface area contributed by atoms with Crippen LogP contribution in [0.4, 0.5) is 0 Å². The maximum Gasteiger partial charge on any atom is 0.223 e. The molecule has 0 unspecified atom stereocenters. The Morgan fingerprint density at radius 3 is 1.29 bits per heavy atom. The van der Waals surface area contributed by atoms with Gasteiger partial charge in [0.15, 0.2) is 0 Å². The van der Waals surface area contributed by atoms with Gasteiger partial charge in [-0.25, -0.2) is 0 Å². The predicted molar refractivity (Wildman–Crippen MR) is 242 cm³/mol. The number of amides is 4. The average molecular weight is 809 g/mol. The van der Waals surface area contributed by atoms with E-state index in [1.54, 1.807) is 11.8 Å². The van der Waals surface area contributed by atoms with E-state index in [9.17, 15) is 19.2 Å². The smallest absolute Gasteiger partial charge is 0.223 e. The minimum atomic E-state index is -0.551. The fraction of sp³-hybridized carbons (Fsp3) is 0.915. The molecule has 0 aliphatic carbocycles. The molecular formula is C47H92N4O4S. The molecule has 0 bridgehead atoms. The van der Waals surface area contributed by atoms with Crippen LogP contribution >= 0.6 is 11.8 Å². The number of hydrogen-bond donors (Lipinski definition) is 1. The molecule has 0 aromatic heterocycles. The van der Waals surface area contributed by atoms with E-state index in [4.69, 9.17) is 0 Å². The highest BCUT2D eigenvalue weighted by atomic mass is 32.2. The summed E-state index contributed by atoms with van der Waals surface area (Å²) in [5.41, 5.74) is -1.01. The van der Waals surface area contributed by atoms with E-state index in [0.29, 0.717) is 51.7 Å². The van der Waals surface area contributed by atoms with Crippen molar-refractivity contribution in [3.63, 3.8) is 0 Å². The van der Waals surface area contributed by atoms with Crippen LogP contribution in [0, 0.1) is 0 Å². The second-order valence-electron chi connectivity index (χ2n) is 17.4. The highest BCUT2D eigenvalue weighted by molar-refractivity contribution is 7.99. The summed E-state index contributed by atoms with van der Waals surface area (Å²) >= 11 is 1.76. The van der Waals surface area contributed by atoms with Gasteiger partial charge in [0.25, 0.3) is 0 Å². The molecular weight excluding hydrogens is 717 g/mol. The lowest BCUT2D eigenvalue weighted by molar-refractivity contribution is -0.139. The summed E-state index contributed by atoms with van der Waals surface area (Å²) in [6.45, 7) is 21.6. The fourth-order valence-electron chi connectivity index (χ4n) is 7.48. The normalized spacial score (nSPS) is 11.8. The SMILES string of the molecule is CCCCCCCCCCCCN(CCCCCCCCCCCC)C(=O)CCSCCN(C(=O)CC)C(C)(C)CCN(C(=O)CC)C(C)(C)CNC(=O)CC. The fourth-order valence-corrected chi connectivity index (χ4v) is 8.32. The van der Waals surface area contributed by atoms with Gasteiger partial charge in [-0.3, -0.25) is 19.2 Å². The van der Waals surface area contributed by atoms with E-state index in [2.05, 4.69) is 37.9 Å². The Morgan fingerprint density at radius 1 is 0.464 bits per heavy atom. The van der Waals surface area contributed by atoms with Gasteiger partial charge in [0.05, 0.1) is 5.54 Å². The van der Waals surface area contributed by atoms with Crippen LogP contribution in [-0.2, 0) is 19.2 Å². The van der Waals surface area contributed by atoms with Gasteiger partial charge < -0.3 is 20.0 Å². The number of unbranched alkanes of at least 4 members (excludes halogenated alkanes) is 18. The largest absolute Gasteiger partial charge is 0.354 e. The summed E-state index contributed by atoms with van der Waals surface area (Å²) in [6.07, 6.45) is 28.4. The van der Waals surface area contributed by atoms with Crippen molar-refractivity contribution in [2.45, 2.75) is 234 Å². The first-order valence-corrected chi connectivity index (χ1v) is 24.7. The van der Waals surface area contributed by atoms with Gasteiger partial charge in [-0.15, -0.1) is 0 Å². The van der Waals surface area contributed by atoms with Gasteiger partial charge in [-0.1, -0.05) is 150 Å². The van der Waals surface area contributed by atoms with Crippen molar-refractivity contribution in [2.75, 3.05) is 44.2 Å². The molecule has 0 saturated carbocycles. The van der Waals surface area contributed by atoms with Crippen LogP contribution in [0.15, 0.2) is 0 Å². The van der Waals surface area contributed by atoms with Gasteiger partial charge in [0, 0.05) is 75.5 Å². The first-order valence-electron chi connectivity index (χ1n) is 23.5. The van der Waals surface area contributed by atoms with E-state index >= 15 is 0 Å². The third-order valence-corrected chi connectivity index (χ3v) is 12.5. The Balaban J connectivity index is 5.10. The molecule has 0 aliphatic rings. The van der Waals surface area contributed by atoms with Crippen LogP contribution in [0.5, 0.6) is 0 Å². The first kappa shape index (κ1) is 54.2. The second-order valence-corrected chi connectivity index (χ2v) is 18.6. The quantitative estimate of drug-likeness (QED) is 0.0628.